The lowest BCUT2D eigenvalue weighted by Crippen LogP contribution is -2.45. The Bertz CT molecular complexity index is 826. The third-order valence-corrected chi connectivity index (χ3v) is 5.53. The molecule has 144 valence electrons. The van der Waals surface area contributed by atoms with Crippen LogP contribution in [-0.4, -0.2) is 53.6 Å². The van der Waals surface area contributed by atoms with Gasteiger partial charge in [-0.3, -0.25) is 4.79 Å². The van der Waals surface area contributed by atoms with Crippen LogP contribution in [0.3, 0.4) is 0 Å². The van der Waals surface area contributed by atoms with Crippen molar-refractivity contribution < 1.29 is 9.18 Å². The predicted molar refractivity (Wildman–Crippen MR) is 102 cm³/mol. The Balaban J connectivity index is 1.50. The second-order valence-corrected chi connectivity index (χ2v) is 7.41. The summed E-state index contributed by atoms with van der Waals surface area (Å²) >= 11 is 0. The van der Waals surface area contributed by atoms with Crippen molar-refractivity contribution in [2.75, 3.05) is 38.1 Å². The lowest BCUT2D eigenvalue weighted by molar-refractivity contribution is 0.0950. The first-order chi connectivity index (χ1) is 13.1. The maximum atomic E-state index is 13.9. The summed E-state index contributed by atoms with van der Waals surface area (Å²) in [5.41, 5.74) is 2.21. The third-order valence-electron chi connectivity index (χ3n) is 5.53. The van der Waals surface area contributed by atoms with Crippen molar-refractivity contribution >= 4 is 11.6 Å². The van der Waals surface area contributed by atoms with Gasteiger partial charge < -0.3 is 19.7 Å². The molecule has 27 heavy (non-hydrogen) atoms. The monoisotopic (exact) mass is 371 g/mol. The number of likely N-dealkylation sites (N-methyl/N-ethyl adjacent to an activating group) is 1. The first-order valence-corrected chi connectivity index (χ1v) is 9.66. The third kappa shape index (κ3) is 3.83. The van der Waals surface area contributed by atoms with Crippen molar-refractivity contribution in [3.8, 4) is 0 Å². The number of aryl methyl sites for hydroxylation is 1. The highest BCUT2D eigenvalue weighted by Crippen LogP contribution is 2.23. The molecule has 4 rings (SSSR count). The number of rotatable bonds is 4. The number of aromatic nitrogens is 2. The number of anilines is 1. The second kappa shape index (κ2) is 7.68. The van der Waals surface area contributed by atoms with Gasteiger partial charge in [-0.05, 0) is 38.1 Å². The van der Waals surface area contributed by atoms with Gasteiger partial charge in [-0.1, -0.05) is 0 Å². The molecule has 0 atom stereocenters. The highest BCUT2D eigenvalue weighted by molar-refractivity contribution is 5.99. The summed E-state index contributed by atoms with van der Waals surface area (Å²) in [7, 11) is 2.09. The lowest BCUT2D eigenvalue weighted by atomic mass is 10.1. The Kier molecular flexibility index (Phi) is 5.11. The smallest absolute Gasteiger partial charge is 0.253 e. The van der Waals surface area contributed by atoms with Gasteiger partial charge in [-0.25, -0.2) is 9.37 Å². The molecule has 0 unspecified atom stereocenters. The summed E-state index contributed by atoms with van der Waals surface area (Å²) in [5.74, 6) is 0.462. The number of imidazole rings is 1. The Morgan fingerprint density at radius 3 is 2.81 bits per heavy atom. The number of hydrogen-bond acceptors (Lipinski definition) is 4. The normalized spacial score (nSPS) is 17.6. The predicted octanol–water partition coefficient (Wildman–Crippen LogP) is 2.04. The van der Waals surface area contributed by atoms with Crippen LogP contribution in [0, 0.1) is 5.82 Å². The number of hydrogen-bond donors (Lipinski definition) is 1. The fraction of sp³-hybridized carbons (Fsp3) is 0.500. The van der Waals surface area contributed by atoms with Crippen LogP contribution in [-0.2, 0) is 19.5 Å². The number of nitrogens with one attached hydrogen (secondary N) is 1. The molecule has 0 spiro atoms. The van der Waals surface area contributed by atoms with E-state index in [0.29, 0.717) is 12.1 Å². The van der Waals surface area contributed by atoms with Crippen LogP contribution in [0.15, 0.2) is 24.4 Å². The molecule has 0 radical (unpaired) electrons. The quantitative estimate of drug-likeness (QED) is 0.894. The minimum absolute atomic E-state index is 0.241. The molecule has 2 aliphatic rings. The number of piperazine rings is 1. The summed E-state index contributed by atoms with van der Waals surface area (Å²) in [6, 6.07) is 4.49. The van der Waals surface area contributed by atoms with Crippen molar-refractivity contribution in [2.45, 2.75) is 32.4 Å². The van der Waals surface area contributed by atoms with E-state index in [2.05, 4.69) is 31.7 Å². The molecule has 2 aromatic rings. The molecule has 1 saturated heterocycles. The molecule has 1 aromatic heterocycles. The van der Waals surface area contributed by atoms with E-state index in [1.165, 1.54) is 18.6 Å². The summed E-state index contributed by atoms with van der Waals surface area (Å²) in [6.07, 6.45) is 5.14. The lowest BCUT2D eigenvalue weighted by Gasteiger charge is -2.35. The minimum Gasteiger partial charge on any atom is -0.368 e. The summed E-state index contributed by atoms with van der Waals surface area (Å²) in [6.45, 7) is 4.88. The Labute approximate surface area is 159 Å². The fourth-order valence-electron chi connectivity index (χ4n) is 3.90. The maximum absolute atomic E-state index is 13.9. The number of carbonyl (C=O) groups is 1. The van der Waals surface area contributed by atoms with E-state index >= 15 is 0 Å². The molecule has 3 heterocycles. The number of fused-ring (bicyclic) bond motifs is 1. The average molecular weight is 371 g/mol. The topological polar surface area (TPSA) is 53.4 Å². The molecular weight excluding hydrogens is 345 g/mol. The van der Waals surface area contributed by atoms with Crippen LogP contribution < -0.4 is 10.2 Å². The number of halogens is 1. The van der Waals surface area contributed by atoms with Gasteiger partial charge in [0.15, 0.2) is 0 Å². The largest absolute Gasteiger partial charge is 0.368 e. The van der Waals surface area contributed by atoms with Crippen LogP contribution in [0.5, 0.6) is 0 Å². The molecule has 0 saturated carbocycles. The van der Waals surface area contributed by atoms with Crippen LogP contribution in [0.2, 0.25) is 0 Å². The SMILES string of the molecule is CN1CCN(c2ccc(F)cc2C(=O)NCc2cnc3n2CCCC3)CC1. The molecule has 1 fully saturated rings. The molecule has 1 aromatic carbocycles. The maximum Gasteiger partial charge on any atom is 0.253 e. The van der Waals surface area contributed by atoms with Crippen LogP contribution in [0.1, 0.15) is 34.7 Å². The van der Waals surface area contributed by atoms with E-state index in [1.54, 1.807) is 6.07 Å². The van der Waals surface area contributed by atoms with Gasteiger partial charge in [-0.2, -0.15) is 0 Å². The second-order valence-electron chi connectivity index (χ2n) is 7.41. The van der Waals surface area contributed by atoms with Crippen molar-refractivity contribution in [3.05, 3.63) is 47.3 Å². The number of benzene rings is 1. The highest BCUT2D eigenvalue weighted by Gasteiger charge is 2.21. The van der Waals surface area contributed by atoms with E-state index < -0.39 is 0 Å². The van der Waals surface area contributed by atoms with E-state index in [9.17, 15) is 9.18 Å². The molecule has 1 N–H and O–H groups in total. The molecule has 0 bridgehead atoms. The molecule has 7 heteroatoms. The van der Waals surface area contributed by atoms with E-state index in [0.717, 1.165) is 62.8 Å². The number of carbonyl (C=O) groups excluding carboxylic acids is 1. The molecular formula is C20H26FN5O. The van der Waals surface area contributed by atoms with Gasteiger partial charge in [0.05, 0.1) is 24.0 Å². The Morgan fingerprint density at radius 1 is 1.19 bits per heavy atom. The van der Waals surface area contributed by atoms with Gasteiger partial charge in [0.1, 0.15) is 11.6 Å². The molecule has 1 amide bonds. The van der Waals surface area contributed by atoms with Gasteiger partial charge in [0.25, 0.3) is 5.91 Å². The Morgan fingerprint density at radius 2 is 2.00 bits per heavy atom. The van der Waals surface area contributed by atoms with Gasteiger partial charge in [-0.15, -0.1) is 0 Å². The fourth-order valence-corrected chi connectivity index (χ4v) is 3.90. The van der Waals surface area contributed by atoms with Crippen molar-refractivity contribution in [1.82, 2.24) is 19.8 Å². The molecule has 0 aliphatic carbocycles. The summed E-state index contributed by atoms with van der Waals surface area (Å²) in [5, 5.41) is 2.96. The first kappa shape index (κ1) is 18.0. The van der Waals surface area contributed by atoms with Gasteiger partial charge in [0, 0.05) is 44.8 Å². The molecule has 6 nitrogen and oxygen atoms in total. The van der Waals surface area contributed by atoms with Crippen molar-refractivity contribution in [1.29, 1.82) is 0 Å². The van der Waals surface area contributed by atoms with E-state index in [-0.39, 0.29) is 11.7 Å². The Hall–Kier alpha value is -2.41. The van der Waals surface area contributed by atoms with Gasteiger partial charge in [0.2, 0.25) is 0 Å². The number of amides is 1. The highest BCUT2D eigenvalue weighted by atomic mass is 19.1. The first-order valence-electron chi connectivity index (χ1n) is 9.66. The average Bonchev–Trinajstić information content (AvgIpc) is 3.10. The number of nitrogens with zero attached hydrogens (tertiary/aromatic N) is 4. The van der Waals surface area contributed by atoms with E-state index in [4.69, 9.17) is 0 Å². The zero-order chi connectivity index (χ0) is 18.8. The van der Waals surface area contributed by atoms with E-state index in [1.807, 2.05) is 6.20 Å². The summed E-state index contributed by atoms with van der Waals surface area (Å²) < 4.78 is 16.0. The zero-order valence-corrected chi connectivity index (χ0v) is 15.7. The summed E-state index contributed by atoms with van der Waals surface area (Å²) in [4.78, 5) is 21.7. The van der Waals surface area contributed by atoms with Crippen LogP contribution in [0.4, 0.5) is 10.1 Å². The standard InChI is InChI=1S/C20H26FN5O/c1-24-8-10-25(11-9-24)18-6-5-15(21)12-17(18)20(27)23-14-16-13-22-19-4-2-3-7-26(16)19/h5-6,12-13H,2-4,7-11,14H2,1H3,(H,23,27). The minimum atomic E-state index is -0.389. The van der Waals surface area contributed by atoms with Crippen molar-refractivity contribution in [3.63, 3.8) is 0 Å². The van der Waals surface area contributed by atoms with Gasteiger partial charge >= 0.3 is 0 Å². The zero-order valence-electron chi connectivity index (χ0n) is 15.7. The van der Waals surface area contributed by atoms with Crippen LogP contribution in [0.25, 0.3) is 0 Å². The van der Waals surface area contributed by atoms with Crippen LogP contribution >= 0.6 is 0 Å². The van der Waals surface area contributed by atoms with Crippen molar-refractivity contribution in [2.24, 2.45) is 0 Å². The molecule has 2 aliphatic heterocycles.